The number of carbonyl (C=O) groups excluding carboxylic acids is 1. The van der Waals surface area contributed by atoms with Crippen molar-refractivity contribution < 1.29 is 4.79 Å². The van der Waals surface area contributed by atoms with Gasteiger partial charge >= 0.3 is 6.03 Å². The molecule has 0 saturated heterocycles. The van der Waals surface area contributed by atoms with Crippen LogP contribution in [0.3, 0.4) is 0 Å². The van der Waals surface area contributed by atoms with Gasteiger partial charge in [0.25, 0.3) is 0 Å². The van der Waals surface area contributed by atoms with Gasteiger partial charge in [-0.15, -0.1) is 0 Å². The Balaban J connectivity index is 1.64. The second-order valence-electron chi connectivity index (χ2n) is 5.68. The maximum Gasteiger partial charge on any atom is 0.324 e. The normalized spacial score (nSPS) is 12.0. The molecule has 0 aliphatic carbocycles. The maximum absolute atomic E-state index is 12.0. The SMILES string of the molecule is Cc1nccn1[C@H](C)c1ccc(NC(=O)Nc2cn(C)cn2)cc1. The number of nitrogens with one attached hydrogen (secondary N) is 2. The molecule has 2 aromatic heterocycles. The van der Waals surface area contributed by atoms with Crippen LogP contribution in [0.4, 0.5) is 16.3 Å². The van der Waals surface area contributed by atoms with Crippen LogP contribution in [0.25, 0.3) is 0 Å². The molecule has 3 aromatic rings. The zero-order chi connectivity index (χ0) is 17.1. The van der Waals surface area contributed by atoms with Crippen LogP contribution in [-0.4, -0.2) is 25.1 Å². The number of amides is 2. The van der Waals surface area contributed by atoms with Crippen LogP contribution in [0.5, 0.6) is 0 Å². The van der Waals surface area contributed by atoms with Crippen LogP contribution >= 0.6 is 0 Å². The topological polar surface area (TPSA) is 76.8 Å². The van der Waals surface area contributed by atoms with Crippen molar-refractivity contribution in [2.45, 2.75) is 19.9 Å². The maximum atomic E-state index is 12.0. The van der Waals surface area contributed by atoms with Crippen LogP contribution in [0, 0.1) is 6.92 Å². The van der Waals surface area contributed by atoms with Gasteiger partial charge in [0.05, 0.1) is 12.4 Å². The number of aromatic nitrogens is 4. The molecule has 0 spiro atoms. The zero-order valence-electron chi connectivity index (χ0n) is 13.9. The van der Waals surface area contributed by atoms with Crippen LogP contribution in [0.2, 0.25) is 0 Å². The number of anilines is 2. The van der Waals surface area contributed by atoms with Gasteiger partial charge in [-0.3, -0.25) is 5.32 Å². The fraction of sp³-hybridized carbons (Fsp3) is 0.235. The second kappa shape index (κ2) is 6.57. The van der Waals surface area contributed by atoms with Crippen molar-refractivity contribution in [1.29, 1.82) is 0 Å². The Kier molecular flexibility index (Phi) is 4.33. The molecule has 1 atom stereocenters. The number of carbonyl (C=O) groups is 1. The Bertz CT molecular complexity index is 833. The summed E-state index contributed by atoms with van der Waals surface area (Å²) in [7, 11) is 1.85. The molecule has 3 rings (SSSR count). The van der Waals surface area contributed by atoms with Crippen molar-refractivity contribution in [2.75, 3.05) is 10.6 Å². The van der Waals surface area contributed by atoms with E-state index in [2.05, 4.69) is 32.1 Å². The molecule has 2 heterocycles. The summed E-state index contributed by atoms with van der Waals surface area (Å²) in [5, 5.41) is 5.48. The van der Waals surface area contributed by atoms with Gasteiger partial charge in [-0.25, -0.2) is 14.8 Å². The molecule has 0 unspecified atom stereocenters. The van der Waals surface area contributed by atoms with Crippen molar-refractivity contribution >= 4 is 17.5 Å². The second-order valence-corrected chi connectivity index (χ2v) is 5.68. The van der Waals surface area contributed by atoms with Gasteiger partial charge in [-0.05, 0) is 31.5 Å². The van der Waals surface area contributed by atoms with Gasteiger partial charge in [0.1, 0.15) is 5.82 Å². The Hall–Kier alpha value is -3.09. The fourth-order valence-electron chi connectivity index (χ4n) is 2.56. The molecule has 2 amide bonds. The van der Waals surface area contributed by atoms with Crippen molar-refractivity contribution in [3.05, 3.63) is 60.6 Å². The lowest BCUT2D eigenvalue weighted by Gasteiger charge is -2.16. The smallest absolute Gasteiger partial charge is 0.324 e. The predicted molar refractivity (Wildman–Crippen MR) is 93.1 cm³/mol. The Morgan fingerprint density at radius 1 is 1.17 bits per heavy atom. The number of rotatable bonds is 4. The summed E-state index contributed by atoms with van der Waals surface area (Å²) in [5.74, 6) is 1.48. The minimum absolute atomic E-state index is 0.184. The van der Waals surface area contributed by atoms with Gasteiger partial charge < -0.3 is 14.5 Å². The lowest BCUT2D eigenvalue weighted by Crippen LogP contribution is -2.19. The fourth-order valence-corrected chi connectivity index (χ4v) is 2.56. The molecule has 0 saturated carbocycles. The molecule has 0 radical (unpaired) electrons. The summed E-state index contributed by atoms with van der Waals surface area (Å²) in [5.41, 5.74) is 1.87. The summed E-state index contributed by atoms with van der Waals surface area (Å²) in [6, 6.07) is 7.64. The minimum atomic E-state index is -0.319. The highest BCUT2D eigenvalue weighted by Crippen LogP contribution is 2.21. The number of nitrogens with zero attached hydrogens (tertiary/aromatic N) is 4. The molecule has 24 heavy (non-hydrogen) atoms. The number of aryl methyl sites for hydroxylation is 2. The van der Waals surface area contributed by atoms with E-state index in [0.717, 1.165) is 17.1 Å². The number of imidazole rings is 2. The summed E-state index contributed by atoms with van der Waals surface area (Å²) in [6.45, 7) is 4.10. The van der Waals surface area contributed by atoms with Crippen LogP contribution in [0.15, 0.2) is 49.2 Å². The number of urea groups is 1. The first-order chi connectivity index (χ1) is 11.5. The minimum Gasteiger partial charge on any atom is -0.338 e. The van der Waals surface area contributed by atoms with E-state index in [1.807, 2.05) is 44.4 Å². The summed E-state index contributed by atoms with van der Waals surface area (Å²) < 4.78 is 3.88. The summed E-state index contributed by atoms with van der Waals surface area (Å²) in [6.07, 6.45) is 7.12. The Morgan fingerprint density at radius 3 is 2.50 bits per heavy atom. The van der Waals surface area contributed by atoms with E-state index in [1.54, 1.807) is 23.3 Å². The molecular formula is C17H20N6O. The lowest BCUT2D eigenvalue weighted by molar-refractivity contribution is 0.262. The van der Waals surface area contributed by atoms with Gasteiger partial charge in [0.15, 0.2) is 5.82 Å². The van der Waals surface area contributed by atoms with Crippen molar-refractivity contribution in [3.63, 3.8) is 0 Å². The van der Waals surface area contributed by atoms with E-state index in [-0.39, 0.29) is 12.1 Å². The molecule has 2 N–H and O–H groups in total. The van der Waals surface area contributed by atoms with Crippen LogP contribution < -0.4 is 10.6 Å². The highest BCUT2D eigenvalue weighted by Gasteiger charge is 2.10. The first kappa shape index (κ1) is 15.8. The number of hydrogen-bond acceptors (Lipinski definition) is 3. The van der Waals surface area contributed by atoms with Gasteiger partial charge in [-0.1, -0.05) is 12.1 Å². The largest absolute Gasteiger partial charge is 0.338 e. The molecule has 1 aromatic carbocycles. The van der Waals surface area contributed by atoms with Crippen molar-refractivity contribution in [3.8, 4) is 0 Å². The molecule has 0 aliphatic rings. The highest BCUT2D eigenvalue weighted by molar-refractivity contribution is 5.99. The monoisotopic (exact) mass is 324 g/mol. The van der Waals surface area contributed by atoms with Gasteiger partial charge in [0.2, 0.25) is 0 Å². The number of hydrogen-bond donors (Lipinski definition) is 2. The molecule has 0 fully saturated rings. The van der Waals surface area contributed by atoms with E-state index < -0.39 is 0 Å². The molecule has 124 valence electrons. The Labute approximate surface area is 140 Å². The van der Waals surface area contributed by atoms with Crippen molar-refractivity contribution in [2.24, 2.45) is 7.05 Å². The van der Waals surface area contributed by atoms with Crippen molar-refractivity contribution in [1.82, 2.24) is 19.1 Å². The van der Waals surface area contributed by atoms with E-state index in [9.17, 15) is 4.79 Å². The average Bonchev–Trinajstić information content (AvgIpc) is 3.15. The third-order valence-electron chi connectivity index (χ3n) is 3.88. The molecule has 7 nitrogen and oxygen atoms in total. The third-order valence-corrected chi connectivity index (χ3v) is 3.88. The summed E-state index contributed by atoms with van der Waals surface area (Å²) in [4.78, 5) is 20.3. The van der Waals surface area contributed by atoms with Gasteiger partial charge in [-0.2, -0.15) is 0 Å². The zero-order valence-corrected chi connectivity index (χ0v) is 13.9. The van der Waals surface area contributed by atoms with Crippen LogP contribution in [0.1, 0.15) is 24.4 Å². The quantitative estimate of drug-likeness (QED) is 0.774. The first-order valence-electron chi connectivity index (χ1n) is 7.68. The Morgan fingerprint density at radius 2 is 1.92 bits per heavy atom. The molecular weight excluding hydrogens is 304 g/mol. The first-order valence-corrected chi connectivity index (χ1v) is 7.68. The predicted octanol–water partition coefficient (Wildman–Crippen LogP) is 3.18. The van der Waals surface area contributed by atoms with Gasteiger partial charge in [0, 0.05) is 31.3 Å². The van der Waals surface area contributed by atoms with E-state index in [4.69, 9.17) is 0 Å². The molecule has 0 aliphatic heterocycles. The summed E-state index contributed by atoms with van der Waals surface area (Å²) >= 11 is 0. The van der Waals surface area contributed by atoms with Crippen LogP contribution in [-0.2, 0) is 7.05 Å². The average molecular weight is 324 g/mol. The molecule has 7 heteroatoms. The van der Waals surface area contributed by atoms with E-state index >= 15 is 0 Å². The number of benzene rings is 1. The molecule has 0 bridgehead atoms. The lowest BCUT2D eigenvalue weighted by atomic mass is 10.1. The third kappa shape index (κ3) is 3.45. The highest BCUT2D eigenvalue weighted by atomic mass is 16.2. The van der Waals surface area contributed by atoms with E-state index in [0.29, 0.717) is 5.82 Å². The standard InChI is InChI=1S/C17H20N6O/c1-12(23-9-8-18-13(23)2)14-4-6-15(7-5-14)20-17(24)21-16-10-22(3)11-19-16/h4-12H,1-3H3,(H2,20,21,24)/t12-/m1/s1. The van der Waals surface area contributed by atoms with E-state index in [1.165, 1.54) is 0 Å².